The van der Waals surface area contributed by atoms with Gasteiger partial charge in [0.15, 0.2) is 0 Å². The van der Waals surface area contributed by atoms with E-state index < -0.39 is 0 Å². The molecular weight excluding hydrogens is 244 g/mol. The summed E-state index contributed by atoms with van der Waals surface area (Å²) in [5, 5.41) is 2.53. The van der Waals surface area contributed by atoms with Gasteiger partial charge in [0.2, 0.25) is 0 Å². The minimum Gasteiger partial charge on any atom is -0.467 e. The molecule has 0 radical (unpaired) electrons. The second-order valence-electron chi connectivity index (χ2n) is 5.35. The summed E-state index contributed by atoms with van der Waals surface area (Å²) in [5.41, 5.74) is 4.95. The molecule has 100 valence electrons. The monoisotopic (exact) mass is 262 g/mol. The molecule has 0 unspecified atom stereocenters. The smallest absolute Gasteiger partial charge is 0.109 e. The van der Waals surface area contributed by atoms with Crippen LogP contribution < -0.4 is 0 Å². The molecule has 2 aromatic carbocycles. The van der Waals surface area contributed by atoms with Crippen LogP contribution in [-0.2, 0) is 4.74 Å². The molecule has 2 aromatic rings. The van der Waals surface area contributed by atoms with Gasteiger partial charge in [-0.3, -0.25) is 0 Å². The molecule has 1 heteroatoms. The van der Waals surface area contributed by atoms with Crippen LogP contribution in [0.5, 0.6) is 0 Å². The lowest BCUT2D eigenvalue weighted by Crippen LogP contribution is -1.92. The van der Waals surface area contributed by atoms with E-state index in [4.69, 9.17) is 4.74 Å². The molecule has 0 heterocycles. The molecule has 3 rings (SSSR count). The molecule has 1 nitrogen and oxygen atoms in total. The van der Waals surface area contributed by atoms with E-state index in [1.165, 1.54) is 33.0 Å². The molecule has 0 saturated carbocycles. The molecular formula is C19H18O. The van der Waals surface area contributed by atoms with Gasteiger partial charge in [-0.05, 0) is 60.4 Å². The van der Waals surface area contributed by atoms with Gasteiger partial charge in [-0.1, -0.05) is 36.9 Å². The van der Waals surface area contributed by atoms with Crippen LogP contribution in [0.2, 0.25) is 0 Å². The summed E-state index contributed by atoms with van der Waals surface area (Å²) in [4.78, 5) is 0. The Morgan fingerprint density at radius 2 is 1.70 bits per heavy atom. The van der Waals surface area contributed by atoms with E-state index in [1.54, 1.807) is 0 Å². The lowest BCUT2D eigenvalue weighted by Gasteiger charge is -2.12. The first kappa shape index (κ1) is 12.7. The molecule has 1 aliphatic carbocycles. The Bertz CT molecular complexity index is 775. The molecule has 1 aliphatic rings. The fourth-order valence-corrected chi connectivity index (χ4v) is 2.89. The Morgan fingerprint density at radius 3 is 2.35 bits per heavy atom. The van der Waals surface area contributed by atoms with Gasteiger partial charge in [0.05, 0.1) is 5.76 Å². The maximum Gasteiger partial charge on any atom is 0.109 e. The summed E-state index contributed by atoms with van der Waals surface area (Å²) in [6.45, 7) is 9.83. The van der Waals surface area contributed by atoms with Gasteiger partial charge in [-0.15, -0.1) is 0 Å². The van der Waals surface area contributed by atoms with Crippen molar-refractivity contribution in [3.63, 3.8) is 0 Å². The van der Waals surface area contributed by atoms with E-state index in [9.17, 15) is 0 Å². The predicted octanol–water partition coefficient (Wildman–Crippen LogP) is 5.54. The third kappa shape index (κ3) is 2.05. The van der Waals surface area contributed by atoms with Crippen molar-refractivity contribution >= 4 is 22.4 Å². The summed E-state index contributed by atoms with van der Waals surface area (Å²) in [6.07, 6.45) is 2.22. The average molecular weight is 262 g/mol. The van der Waals surface area contributed by atoms with E-state index in [2.05, 4.69) is 56.0 Å². The van der Waals surface area contributed by atoms with Gasteiger partial charge in [0, 0.05) is 5.57 Å². The number of allylic oxidation sites excluding steroid dienone is 4. The van der Waals surface area contributed by atoms with Crippen molar-refractivity contribution in [2.45, 2.75) is 20.8 Å². The third-order valence-electron chi connectivity index (χ3n) is 3.63. The van der Waals surface area contributed by atoms with Crippen molar-refractivity contribution in [2.75, 3.05) is 0 Å². The molecule has 0 fully saturated rings. The van der Waals surface area contributed by atoms with Crippen LogP contribution in [0.25, 0.3) is 22.4 Å². The first-order valence-electron chi connectivity index (χ1n) is 6.82. The minimum atomic E-state index is 0.719. The van der Waals surface area contributed by atoms with Crippen LogP contribution in [0.3, 0.4) is 0 Å². The van der Waals surface area contributed by atoms with Crippen molar-refractivity contribution in [1.29, 1.82) is 0 Å². The molecule has 0 spiro atoms. The zero-order chi connectivity index (χ0) is 14.3. The topological polar surface area (TPSA) is 9.23 Å². The van der Waals surface area contributed by atoms with Crippen molar-refractivity contribution in [1.82, 2.24) is 0 Å². The molecule has 20 heavy (non-hydrogen) atoms. The summed E-state index contributed by atoms with van der Waals surface area (Å²) in [5.74, 6) is 1.64. The Balaban J connectivity index is 2.22. The van der Waals surface area contributed by atoms with E-state index in [0.29, 0.717) is 0 Å². The second kappa shape index (κ2) is 4.68. The molecule has 0 aromatic heterocycles. The molecule has 0 amide bonds. The van der Waals surface area contributed by atoms with Crippen LogP contribution in [-0.4, -0.2) is 0 Å². The Hall–Kier alpha value is -2.28. The number of rotatable bonds is 2. The van der Waals surface area contributed by atoms with Gasteiger partial charge < -0.3 is 4.74 Å². The zero-order valence-corrected chi connectivity index (χ0v) is 12.2. The van der Waals surface area contributed by atoms with Crippen LogP contribution in [0.1, 0.15) is 31.9 Å². The first-order chi connectivity index (χ1) is 9.56. The molecule has 0 aliphatic heterocycles. The SMILES string of the molecule is C=C(C)O/C(C)=C1/C(C)=Cc2cc3ccccc3cc21. The van der Waals surface area contributed by atoms with Gasteiger partial charge in [-0.25, -0.2) is 0 Å². The fraction of sp³-hybridized carbons (Fsp3) is 0.158. The highest BCUT2D eigenvalue weighted by atomic mass is 16.5. The number of ether oxygens (including phenoxy) is 1. The lowest BCUT2D eigenvalue weighted by molar-refractivity contribution is 0.313. The highest BCUT2D eigenvalue weighted by Gasteiger charge is 2.20. The number of fused-ring (bicyclic) bond motifs is 2. The van der Waals surface area contributed by atoms with Gasteiger partial charge in [0.1, 0.15) is 5.76 Å². The van der Waals surface area contributed by atoms with E-state index in [0.717, 1.165) is 11.5 Å². The van der Waals surface area contributed by atoms with Crippen molar-refractivity contribution in [3.8, 4) is 0 Å². The molecule has 0 atom stereocenters. The first-order valence-corrected chi connectivity index (χ1v) is 6.82. The minimum absolute atomic E-state index is 0.719. The highest BCUT2D eigenvalue weighted by Crippen LogP contribution is 2.39. The largest absolute Gasteiger partial charge is 0.467 e. The van der Waals surface area contributed by atoms with E-state index in [-0.39, 0.29) is 0 Å². The summed E-state index contributed by atoms with van der Waals surface area (Å²) < 4.78 is 5.72. The average Bonchev–Trinajstić information content (AvgIpc) is 2.70. The van der Waals surface area contributed by atoms with E-state index >= 15 is 0 Å². The molecule has 0 saturated heterocycles. The number of hydrogen-bond donors (Lipinski definition) is 0. The van der Waals surface area contributed by atoms with Gasteiger partial charge in [-0.2, -0.15) is 0 Å². The lowest BCUT2D eigenvalue weighted by atomic mass is 9.98. The highest BCUT2D eigenvalue weighted by molar-refractivity contribution is 6.00. The van der Waals surface area contributed by atoms with Crippen LogP contribution in [0.4, 0.5) is 0 Å². The maximum absolute atomic E-state index is 5.72. The summed E-state index contributed by atoms with van der Waals surface area (Å²) >= 11 is 0. The normalized spacial score (nSPS) is 15.8. The van der Waals surface area contributed by atoms with Gasteiger partial charge in [0.25, 0.3) is 0 Å². The number of hydrogen-bond acceptors (Lipinski definition) is 1. The van der Waals surface area contributed by atoms with Crippen LogP contribution in [0.15, 0.2) is 60.1 Å². The Labute approximate surface area is 119 Å². The van der Waals surface area contributed by atoms with Crippen LogP contribution in [0, 0.1) is 0 Å². The summed E-state index contributed by atoms with van der Waals surface area (Å²) in [7, 11) is 0. The Morgan fingerprint density at radius 1 is 1.05 bits per heavy atom. The second-order valence-corrected chi connectivity index (χ2v) is 5.35. The van der Waals surface area contributed by atoms with Crippen molar-refractivity contribution in [3.05, 3.63) is 71.2 Å². The van der Waals surface area contributed by atoms with Crippen molar-refractivity contribution in [2.24, 2.45) is 0 Å². The molecule has 0 bridgehead atoms. The molecule has 0 N–H and O–H groups in total. The maximum atomic E-state index is 5.72. The fourth-order valence-electron chi connectivity index (χ4n) is 2.89. The standard InChI is InChI=1S/C19H18O/c1-12(2)20-14(4)19-13(3)9-17-10-15-7-5-6-8-16(15)11-18(17)19/h5-11H,1H2,2-4H3/b19-14-. The quantitative estimate of drug-likeness (QED) is 0.646. The number of benzene rings is 2. The van der Waals surface area contributed by atoms with E-state index in [1.807, 2.05) is 13.8 Å². The zero-order valence-electron chi connectivity index (χ0n) is 12.2. The summed E-state index contributed by atoms with van der Waals surface area (Å²) in [6, 6.07) is 12.9. The van der Waals surface area contributed by atoms with Crippen LogP contribution >= 0.6 is 0 Å². The predicted molar refractivity (Wildman–Crippen MR) is 86.1 cm³/mol. The Kier molecular flexibility index (Phi) is 2.98. The van der Waals surface area contributed by atoms with Gasteiger partial charge >= 0.3 is 0 Å². The van der Waals surface area contributed by atoms with Crippen molar-refractivity contribution < 1.29 is 4.74 Å². The third-order valence-corrected chi connectivity index (χ3v) is 3.63.